The van der Waals surface area contributed by atoms with Crippen molar-refractivity contribution >= 4 is 5.97 Å². The molecule has 3 aromatic carbocycles. The van der Waals surface area contributed by atoms with E-state index in [0.29, 0.717) is 11.1 Å². The van der Waals surface area contributed by atoms with Crippen LogP contribution < -0.4 is 14.2 Å². The van der Waals surface area contributed by atoms with Gasteiger partial charge in [-0.25, -0.2) is 0 Å². The van der Waals surface area contributed by atoms with E-state index in [-0.39, 0.29) is 47.0 Å². The monoisotopic (exact) mass is 614 g/mol. The molecule has 3 aromatic rings. The molecule has 0 saturated carbocycles. The Bertz CT molecular complexity index is 1590. The summed E-state index contributed by atoms with van der Waals surface area (Å²) >= 11 is 0. The Morgan fingerprint density at radius 1 is 0.795 bits per heavy atom. The van der Waals surface area contributed by atoms with E-state index in [2.05, 4.69) is 0 Å². The van der Waals surface area contributed by atoms with Crippen LogP contribution in [0, 0.1) is 0 Å². The Balaban J connectivity index is 1.49. The van der Waals surface area contributed by atoms with Crippen LogP contribution in [0.5, 0.6) is 40.2 Å². The Morgan fingerprint density at radius 2 is 1.45 bits per heavy atom. The summed E-state index contributed by atoms with van der Waals surface area (Å²) in [6.07, 6.45) is -10.7. The third kappa shape index (κ3) is 5.11. The quantitative estimate of drug-likeness (QED) is 0.106. The van der Waals surface area contributed by atoms with Crippen molar-refractivity contribution in [3.8, 4) is 40.2 Å². The maximum atomic E-state index is 12.9. The Morgan fingerprint density at radius 3 is 2.11 bits per heavy atom. The number of esters is 1. The van der Waals surface area contributed by atoms with Crippen molar-refractivity contribution in [2.24, 2.45) is 0 Å². The molecule has 0 radical (unpaired) electrons. The summed E-state index contributed by atoms with van der Waals surface area (Å²) < 4.78 is 23.4. The van der Waals surface area contributed by atoms with Gasteiger partial charge < -0.3 is 64.9 Å². The van der Waals surface area contributed by atoms with Gasteiger partial charge in [-0.15, -0.1) is 0 Å². The van der Waals surface area contributed by atoms with E-state index in [1.54, 1.807) is 0 Å². The van der Waals surface area contributed by atoms with Crippen molar-refractivity contribution in [2.75, 3.05) is 6.61 Å². The molecule has 0 aromatic heterocycles. The maximum Gasteiger partial charge on any atom is 0.312 e. The van der Waals surface area contributed by atoms with Crippen molar-refractivity contribution in [3.05, 3.63) is 64.7 Å². The molecular weight excluding hydrogens is 584 g/mol. The fraction of sp³-hybridized carbons (Fsp3) is 0.367. The smallest absolute Gasteiger partial charge is 0.312 e. The van der Waals surface area contributed by atoms with E-state index >= 15 is 0 Å². The number of carbonyl (C=O) groups is 1. The first-order valence-electron chi connectivity index (χ1n) is 13.7. The summed E-state index contributed by atoms with van der Waals surface area (Å²) in [4.78, 5) is 12.9. The molecule has 44 heavy (non-hydrogen) atoms. The van der Waals surface area contributed by atoms with Crippen LogP contribution in [0.3, 0.4) is 0 Å². The molecule has 1 saturated heterocycles. The molecule has 9 N–H and O–H groups in total. The van der Waals surface area contributed by atoms with Gasteiger partial charge in [0.25, 0.3) is 0 Å². The van der Waals surface area contributed by atoms with Crippen molar-refractivity contribution in [1.82, 2.24) is 0 Å². The van der Waals surface area contributed by atoms with Gasteiger partial charge in [-0.2, -0.15) is 0 Å². The second-order valence-corrected chi connectivity index (χ2v) is 10.9. The first-order valence-corrected chi connectivity index (χ1v) is 13.7. The number of rotatable bonds is 5. The van der Waals surface area contributed by atoms with Gasteiger partial charge in [0, 0.05) is 29.5 Å². The van der Waals surface area contributed by atoms with Crippen LogP contribution in [0.4, 0.5) is 0 Å². The van der Waals surface area contributed by atoms with Gasteiger partial charge in [0.05, 0.1) is 19.1 Å². The minimum absolute atomic E-state index is 0.0260. The third-order valence-corrected chi connectivity index (χ3v) is 8.12. The number of hydrogen-bond donors (Lipinski definition) is 9. The van der Waals surface area contributed by atoms with Crippen LogP contribution in [0.15, 0.2) is 42.5 Å². The van der Waals surface area contributed by atoms with Gasteiger partial charge in [-0.1, -0.05) is 12.1 Å². The fourth-order valence-electron chi connectivity index (χ4n) is 5.81. The lowest BCUT2D eigenvalue weighted by atomic mass is 9.82. The van der Waals surface area contributed by atoms with Crippen LogP contribution in [-0.2, 0) is 16.0 Å². The molecule has 234 valence electrons. The first kappa shape index (κ1) is 29.7. The zero-order valence-corrected chi connectivity index (χ0v) is 22.8. The Labute approximate surface area is 249 Å². The topological polar surface area (TPSA) is 236 Å². The SMILES string of the molecule is O=C1CC(c2ccc(O)c(O)c2)c2c(OC3OC(CO)C(O)C(O)C3O)cc3c(c2O1)CC(O)C(c1ccc(O)c(O)c1)O3. The molecule has 0 spiro atoms. The lowest BCUT2D eigenvalue weighted by Gasteiger charge is -2.41. The highest BCUT2D eigenvalue weighted by Gasteiger charge is 2.46. The number of carbonyl (C=O) groups excluding carboxylic acids is 1. The molecule has 3 aliphatic heterocycles. The van der Waals surface area contributed by atoms with Gasteiger partial charge in [0.1, 0.15) is 47.8 Å². The summed E-state index contributed by atoms with van der Waals surface area (Å²) in [7, 11) is 0. The zero-order valence-electron chi connectivity index (χ0n) is 22.8. The fourth-order valence-corrected chi connectivity index (χ4v) is 5.81. The van der Waals surface area contributed by atoms with Crippen molar-refractivity contribution in [1.29, 1.82) is 0 Å². The van der Waals surface area contributed by atoms with E-state index in [1.807, 2.05) is 0 Å². The number of ether oxygens (including phenoxy) is 4. The van der Waals surface area contributed by atoms with Gasteiger partial charge in [0.2, 0.25) is 6.29 Å². The molecule has 14 heteroatoms. The molecule has 14 nitrogen and oxygen atoms in total. The molecule has 6 rings (SSSR count). The molecule has 3 heterocycles. The minimum atomic E-state index is -1.78. The van der Waals surface area contributed by atoms with E-state index in [0.717, 1.165) is 0 Å². The molecule has 3 aliphatic rings. The van der Waals surface area contributed by atoms with Crippen molar-refractivity contribution < 1.29 is 69.7 Å². The normalized spacial score (nSPS) is 29.6. The summed E-state index contributed by atoms with van der Waals surface area (Å²) in [6.45, 7) is -0.706. The molecule has 0 bridgehead atoms. The molecule has 0 aliphatic carbocycles. The van der Waals surface area contributed by atoms with E-state index in [4.69, 9.17) is 18.9 Å². The van der Waals surface area contributed by atoms with E-state index in [1.165, 1.54) is 42.5 Å². The average Bonchev–Trinajstić information content (AvgIpc) is 2.99. The lowest BCUT2D eigenvalue weighted by Crippen LogP contribution is -2.60. The summed E-state index contributed by atoms with van der Waals surface area (Å²) in [6, 6.07) is 9.30. The molecule has 8 unspecified atom stereocenters. The summed E-state index contributed by atoms with van der Waals surface area (Å²) in [5.41, 5.74) is 1.23. The summed E-state index contributed by atoms with van der Waals surface area (Å²) in [5, 5.41) is 91.8. The molecular formula is C30H30O14. The second-order valence-electron chi connectivity index (χ2n) is 10.9. The number of phenols is 4. The molecule has 8 atom stereocenters. The minimum Gasteiger partial charge on any atom is -0.504 e. The predicted octanol–water partition coefficient (Wildman–Crippen LogP) is 0.166. The number of aliphatic hydroxyl groups is 5. The number of aromatic hydroxyl groups is 4. The zero-order chi connectivity index (χ0) is 31.4. The van der Waals surface area contributed by atoms with Crippen molar-refractivity contribution in [3.63, 3.8) is 0 Å². The van der Waals surface area contributed by atoms with Gasteiger partial charge in [0.15, 0.2) is 23.0 Å². The maximum absolute atomic E-state index is 12.9. The predicted molar refractivity (Wildman–Crippen MR) is 146 cm³/mol. The van der Waals surface area contributed by atoms with E-state index < -0.39 is 78.7 Å². The van der Waals surface area contributed by atoms with Crippen LogP contribution in [-0.4, -0.2) is 95.3 Å². The third-order valence-electron chi connectivity index (χ3n) is 8.12. The van der Waals surface area contributed by atoms with Crippen LogP contribution in [0.2, 0.25) is 0 Å². The van der Waals surface area contributed by atoms with Crippen molar-refractivity contribution in [2.45, 2.75) is 61.7 Å². The summed E-state index contributed by atoms with van der Waals surface area (Å²) in [5.74, 6) is -3.15. The standard InChI is InChI=1S/C30H30O14/c31-10-22-25(38)26(39)27(40)30(43-22)42-21-9-20-14(7-19(36)28(41-20)12-2-4-16(33)18(35)6-12)29-24(21)13(8-23(37)44-29)11-1-3-15(32)17(34)5-11/h1-6,9,13,19,22,25-28,30-36,38-40H,7-8,10H2. The number of fused-ring (bicyclic) bond motifs is 3. The highest BCUT2D eigenvalue weighted by molar-refractivity contribution is 5.81. The highest BCUT2D eigenvalue weighted by atomic mass is 16.7. The Hall–Kier alpha value is -4.31. The molecule has 1 fully saturated rings. The number of hydrogen-bond acceptors (Lipinski definition) is 14. The van der Waals surface area contributed by atoms with Crippen LogP contribution in [0.1, 0.15) is 40.7 Å². The van der Waals surface area contributed by atoms with Gasteiger partial charge in [-0.05, 0) is 35.4 Å². The number of phenolic OH excluding ortho intramolecular Hbond substituents is 4. The Kier molecular flexibility index (Phi) is 7.65. The number of benzene rings is 3. The largest absolute Gasteiger partial charge is 0.504 e. The van der Waals surface area contributed by atoms with Crippen LogP contribution >= 0.6 is 0 Å². The average molecular weight is 615 g/mol. The second kappa shape index (κ2) is 11.3. The number of aliphatic hydroxyl groups excluding tert-OH is 5. The van der Waals surface area contributed by atoms with E-state index in [9.17, 15) is 50.8 Å². The first-order chi connectivity index (χ1) is 21.0. The lowest BCUT2D eigenvalue weighted by molar-refractivity contribution is -0.277. The van der Waals surface area contributed by atoms with Crippen LogP contribution in [0.25, 0.3) is 0 Å². The van der Waals surface area contributed by atoms with Gasteiger partial charge >= 0.3 is 5.97 Å². The molecule has 0 amide bonds. The highest BCUT2D eigenvalue weighted by Crippen LogP contribution is 2.53. The van der Waals surface area contributed by atoms with Gasteiger partial charge in [-0.3, -0.25) is 4.79 Å².